The zero-order valence-electron chi connectivity index (χ0n) is 11.9. The Morgan fingerprint density at radius 2 is 2.11 bits per heavy atom. The van der Waals surface area contributed by atoms with Crippen LogP contribution in [0.3, 0.4) is 0 Å². The van der Waals surface area contributed by atoms with E-state index in [1.807, 2.05) is 6.07 Å². The van der Waals surface area contributed by atoms with Crippen LogP contribution in [0.15, 0.2) is 18.2 Å². The molecule has 0 aromatic heterocycles. The summed E-state index contributed by atoms with van der Waals surface area (Å²) in [5, 5.41) is 0. The average Bonchev–Trinajstić information content (AvgIpc) is 3.22. The van der Waals surface area contributed by atoms with E-state index in [-0.39, 0.29) is 6.04 Å². The van der Waals surface area contributed by atoms with Crippen LogP contribution in [0.4, 0.5) is 0 Å². The quantitative estimate of drug-likeness (QED) is 0.903. The number of hydrogen-bond acceptors (Lipinski definition) is 3. The SMILES string of the molecule is COc1ccc2c(c1)CCC(N(C)CC1CC1)C2N. The molecular formula is C16H24N2O. The van der Waals surface area contributed by atoms with Crippen molar-refractivity contribution in [2.45, 2.75) is 37.8 Å². The second-order valence-electron chi connectivity index (χ2n) is 6.08. The van der Waals surface area contributed by atoms with Crippen molar-refractivity contribution in [2.24, 2.45) is 11.7 Å². The number of benzene rings is 1. The highest BCUT2D eigenvalue weighted by Gasteiger charge is 2.32. The van der Waals surface area contributed by atoms with E-state index in [0.717, 1.165) is 24.5 Å². The van der Waals surface area contributed by atoms with Crippen molar-refractivity contribution in [1.29, 1.82) is 0 Å². The van der Waals surface area contributed by atoms with E-state index < -0.39 is 0 Å². The minimum atomic E-state index is 0.137. The standard InChI is InChI=1S/C16H24N2O/c1-18(10-11-3-4-11)15-8-5-12-9-13(19-2)6-7-14(12)16(15)17/h6-7,9,11,15-16H,3-5,8,10,17H2,1-2H3. The second kappa shape index (κ2) is 5.14. The summed E-state index contributed by atoms with van der Waals surface area (Å²) in [4.78, 5) is 2.48. The first kappa shape index (κ1) is 12.9. The Hall–Kier alpha value is -1.06. The molecule has 3 rings (SSSR count). The van der Waals surface area contributed by atoms with Crippen LogP contribution in [0.2, 0.25) is 0 Å². The Bertz CT molecular complexity index is 456. The lowest BCUT2D eigenvalue weighted by Gasteiger charge is -2.37. The van der Waals surface area contributed by atoms with Crippen molar-refractivity contribution in [3.63, 3.8) is 0 Å². The predicted octanol–water partition coefficient (Wildman–Crippen LogP) is 2.35. The minimum absolute atomic E-state index is 0.137. The zero-order chi connectivity index (χ0) is 13.4. The van der Waals surface area contributed by atoms with Gasteiger partial charge in [0.05, 0.1) is 7.11 Å². The largest absolute Gasteiger partial charge is 0.497 e. The van der Waals surface area contributed by atoms with Gasteiger partial charge in [0.15, 0.2) is 0 Å². The number of likely N-dealkylation sites (N-methyl/N-ethyl adjacent to an activating group) is 1. The summed E-state index contributed by atoms with van der Waals surface area (Å²) in [6.07, 6.45) is 5.07. The number of aryl methyl sites for hydroxylation is 1. The van der Waals surface area contributed by atoms with Crippen molar-refractivity contribution in [3.05, 3.63) is 29.3 Å². The van der Waals surface area contributed by atoms with Crippen LogP contribution in [0.5, 0.6) is 5.75 Å². The molecule has 3 heteroatoms. The molecular weight excluding hydrogens is 236 g/mol. The van der Waals surface area contributed by atoms with Gasteiger partial charge < -0.3 is 15.4 Å². The molecule has 0 saturated heterocycles. The van der Waals surface area contributed by atoms with E-state index in [9.17, 15) is 0 Å². The molecule has 2 atom stereocenters. The zero-order valence-corrected chi connectivity index (χ0v) is 11.9. The maximum absolute atomic E-state index is 6.50. The lowest BCUT2D eigenvalue weighted by Crippen LogP contribution is -2.44. The van der Waals surface area contributed by atoms with Crippen LogP contribution in [0, 0.1) is 5.92 Å². The van der Waals surface area contributed by atoms with E-state index in [0.29, 0.717) is 6.04 Å². The molecule has 0 aliphatic heterocycles. The molecule has 0 bridgehead atoms. The molecule has 1 aromatic rings. The first-order valence-electron chi connectivity index (χ1n) is 7.31. The highest BCUT2D eigenvalue weighted by Crippen LogP contribution is 2.35. The summed E-state index contributed by atoms with van der Waals surface area (Å²) in [6, 6.07) is 6.95. The molecule has 1 aromatic carbocycles. The van der Waals surface area contributed by atoms with Gasteiger partial charge in [-0.05, 0) is 61.9 Å². The highest BCUT2D eigenvalue weighted by atomic mass is 16.5. The monoisotopic (exact) mass is 260 g/mol. The van der Waals surface area contributed by atoms with Crippen LogP contribution < -0.4 is 10.5 Å². The molecule has 0 heterocycles. The van der Waals surface area contributed by atoms with Gasteiger partial charge in [-0.15, -0.1) is 0 Å². The van der Waals surface area contributed by atoms with E-state index in [1.165, 1.54) is 30.5 Å². The van der Waals surface area contributed by atoms with Gasteiger partial charge in [0.2, 0.25) is 0 Å². The minimum Gasteiger partial charge on any atom is -0.497 e. The summed E-state index contributed by atoms with van der Waals surface area (Å²) in [6.45, 7) is 1.21. The maximum Gasteiger partial charge on any atom is 0.119 e. The van der Waals surface area contributed by atoms with Gasteiger partial charge in [-0.25, -0.2) is 0 Å². The molecule has 0 radical (unpaired) electrons. The highest BCUT2D eigenvalue weighted by molar-refractivity contribution is 5.40. The van der Waals surface area contributed by atoms with Crippen LogP contribution in [-0.2, 0) is 6.42 Å². The van der Waals surface area contributed by atoms with Crippen molar-refractivity contribution in [1.82, 2.24) is 4.90 Å². The maximum atomic E-state index is 6.50. The van der Waals surface area contributed by atoms with Gasteiger partial charge in [-0.3, -0.25) is 0 Å². The molecule has 0 amide bonds. The smallest absolute Gasteiger partial charge is 0.119 e. The van der Waals surface area contributed by atoms with Gasteiger partial charge in [0.1, 0.15) is 5.75 Å². The molecule has 2 N–H and O–H groups in total. The molecule has 104 valence electrons. The molecule has 2 aliphatic carbocycles. The lowest BCUT2D eigenvalue weighted by molar-refractivity contribution is 0.185. The first-order valence-corrected chi connectivity index (χ1v) is 7.31. The molecule has 2 aliphatic rings. The summed E-state index contributed by atoms with van der Waals surface area (Å²) in [7, 11) is 3.95. The van der Waals surface area contributed by atoms with Crippen molar-refractivity contribution < 1.29 is 4.74 Å². The van der Waals surface area contributed by atoms with Crippen molar-refractivity contribution >= 4 is 0 Å². The summed E-state index contributed by atoms with van der Waals surface area (Å²) in [5.74, 6) is 1.87. The Kier molecular flexibility index (Phi) is 3.50. The number of nitrogens with zero attached hydrogens (tertiary/aromatic N) is 1. The van der Waals surface area contributed by atoms with E-state index in [1.54, 1.807) is 7.11 Å². The molecule has 1 saturated carbocycles. The van der Waals surface area contributed by atoms with Crippen molar-refractivity contribution in [2.75, 3.05) is 20.7 Å². The number of methoxy groups -OCH3 is 1. The van der Waals surface area contributed by atoms with Gasteiger partial charge in [-0.2, -0.15) is 0 Å². The molecule has 3 nitrogen and oxygen atoms in total. The fourth-order valence-electron chi connectivity index (χ4n) is 3.28. The summed E-state index contributed by atoms with van der Waals surface area (Å²) in [5.41, 5.74) is 9.17. The van der Waals surface area contributed by atoms with Gasteiger partial charge in [0, 0.05) is 18.6 Å². The third kappa shape index (κ3) is 2.63. The van der Waals surface area contributed by atoms with Gasteiger partial charge in [-0.1, -0.05) is 6.07 Å². The topological polar surface area (TPSA) is 38.5 Å². The molecule has 0 spiro atoms. The van der Waals surface area contributed by atoms with E-state index in [4.69, 9.17) is 10.5 Å². The number of ether oxygens (including phenoxy) is 1. The van der Waals surface area contributed by atoms with E-state index >= 15 is 0 Å². The number of nitrogens with two attached hydrogens (primary N) is 1. The lowest BCUT2D eigenvalue weighted by atomic mass is 9.83. The Balaban J connectivity index is 1.76. The third-order valence-electron chi connectivity index (χ3n) is 4.64. The number of rotatable bonds is 4. The van der Waals surface area contributed by atoms with Crippen molar-refractivity contribution in [3.8, 4) is 5.75 Å². The summed E-state index contributed by atoms with van der Waals surface area (Å²) >= 11 is 0. The van der Waals surface area contributed by atoms with Crippen LogP contribution in [-0.4, -0.2) is 31.6 Å². The molecule has 1 fully saturated rings. The van der Waals surface area contributed by atoms with Crippen LogP contribution >= 0.6 is 0 Å². The van der Waals surface area contributed by atoms with E-state index in [2.05, 4.69) is 24.1 Å². The molecule has 19 heavy (non-hydrogen) atoms. The Morgan fingerprint density at radius 1 is 1.32 bits per heavy atom. The predicted molar refractivity (Wildman–Crippen MR) is 77.4 cm³/mol. The second-order valence-corrected chi connectivity index (χ2v) is 6.08. The summed E-state index contributed by atoms with van der Waals surface area (Å²) < 4.78 is 5.30. The Morgan fingerprint density at radius 3 is 2.79 bits per heavy atom. The third-order valence-corrected chi connectivity index (χ3v) is 4.64. The normalized spacial score (nSPS) is 26.3. The van der Waals surface area contributed by atoms with Gasteiger partial charge in [0.25, 0.3) is 0 Å². The first-order chi connectivity index (χ1) is 9.19. The van der Waals surface area contributed by atoms with Gasteiger partial charge >= 0.3 is 0 Å². The van der Waals surface area contributed by atoms with Crippen LogP contribution in [0.25, 0.3) is 0 Å². The fraction of sp³-hybridized carbons (Fsp3) is 0.625. The Labute approximate surface area is 115 Å². The average molecular weight is 260 g/mol. The number of hydrogen-bond donors (Lipinski definition) is 1. The number of fused-ring (bicyclic) bond motifs is 1. The fourth-order valence-corrected chi connectivity index (χ4v) is 3.28. The van der Waals surface area contributed by atoms with Crippen LogP contribution in [0.1, 0.15) is 36.4 Å². The molecule has 2 unspecified atom stereocenters.